The zero-order valence-corrected chi connectivity index (χ0v) is 18.7. The van der Waals surface area contributed by atoms with Crippen LogP contribution in [-0.4, -0.2) is 61.5 Å². The predicted octanol–water partition coefficient (Wildman–Crippen LogP) is 2.71. The first-order valence-corrected chi connectivity index (χ1v) is 12.0. The van der Waals surface area contributed by atoms with E-state index in [0.29, 0.717) is 12.8 Å². The second kappa shape index (κ2) is 9.30. The van der Waals surface area contributed by atoms with Crippen LogP contribution in [0.1, 0.15) is 24.0 Å². The van der Waals surface area contributed by atoms with Gasteiger partial charge in [-0.05, 0) is 37.5 Å². The molecule has 0 aliphatic carbocycles. The lowest BCUT2D eigenvalue weighted by Gasteiger charge is -2.36. The maximum atomic E-state index is 12.9. The highest BCUT2D eigenvalue weighted by atomic mass is 32.2. The molecule has 0 N–H and O–H groups in total. The lowest BCUT2D eigenvalue weighted by molar-refractivity contribution is -0.150. The molecule has 0 radical (unpaired) electrons. The Bertz CT molecular complexity index is 1060. The number of rotatable bonds is 6. The summed E-state index contributed by atoms with van der Waals surface area (Å²) in [5.74, 6) is -0.519. The zero-order valence-electron chi connectivity index (χ0n) is 17.8. The van der Waals surface area contributed by atoms with Crippen molar-refractivity contribution in [2.24, 2.45) is 0 Å². The van der Waals surface area contributed by atoms with Gasteiger partial charge >= 0.3 is 12.1 Å². The lowest BCUT2D eigenvalue weighted by atomic mass is 10.0. The molecule has 1 atom stereocenters. The topological polar surface area (TPSA) is 93.2 Å². The summed E-state index contributed by atoms with van der Waals surface area (Å²) >= 11 is 0. The van der Waals surface area contributed by atoms with Crippen LogP contribution in [0.4, 0.5) is 4.79 Å². The number of hydrogen-bond donors (Lipinski definition) is 0. The highest BCUT2D eigenvalue weighted by molar-refractivity contribution is 7.89. The van der Waals surface area contributed by atoms with Gasteiger partial charge in [-0.3, -0.25) is 4.90 Å². The fraction of sp³-hybridized carbons (Fsp3) is 0.391. The van der Waals surface area contributed by atoms with Crippen molar-refractivity contribution in [2.75, 3.05) is 19.7 Å². The Hall–Kier alpha value is -2.91. The Morgan fingerprint density at radius 1 is 1.06 bits per heavy atom. The van der Waals surface area contributed by atoms with E-state index in [4.69, 9.17) is 9.47 Å². The standard InChI is InChI=1S/C23H26N2O6S/c1-17-7-9-20(10-8-17)32(28,29)24-13-11-19(12-14-24)25-21(16-31-23(25)27)22(26)30-15-18-5-3-2-4-6-18/h2-10,19,21H,11-16H2,1H3. The zero-order chi connectivity index (χ0) is 22.7. The summed E-state index contributed by atoms with van der Waals surface area (Å²) in [6, 6.07) is 14.9. The van der Waals surface area contributed by atoms with Gasteiger partial charge in [0.1, 0.15) is 13.2 Å². The number of hydrogen-bond acceptors (Lipinski definition) is 6. The molecule has 0 bridgehead atoms. The van der Waals surface area contributed by atoms with Crippen LogP contribution in [0, 0.1) is 6.92 Å². The molecule has 8 nitrogen and oxygen atoms in total. The first-order chi connectivity index (χ1) is 15.4. The van der Waals surface area contributed by atoms with Gasteiger partial charge in [0, 0.05) is 19.1 Å². The average Bonchev–Trinajstić information content (AvgIpc) is 3.20. The van der Waals surface area contributed by atoms with Crippen LogP contribution in [0.2, 0.25) is 0 Å². The normalized spacial score (nSPS) is 20.2. The fourth-order valence-corrected chi connectivity index (χ4v) is 5.53. The number of carbonyl (C=O) groups excluding carboxylic acids is 2. The SMILES string of the molecule is Cc1ccc(S(=O)(=O)N2CCC(N3C(=O)OCC3C(=O)OCc3ccccc3)CC2)cc1. The van der Waals surface area contributed by atoms with Gasteiger partial charge in [-0.25, -0.2) is 18.0 Å². The smallest absolute Gasteiger partial charge is 0.410 e. The van der Waals surface area contributed by atoms with Crippen molar-refractivity contribution in [1.82, 2.24) is 9.21 Å². The Morgan fingerprint density at radius 2 is 1.72 bits per heavy atom. The lowest BCUT2D eigenvalue weighted by Crippen LogP contribution is -2.52. The summed E-state index contributed by atoms with van der Waals surface area (Å²) in [6.45, 7) is 2.48. The Morgan fingerprint density at radius 3 is 2.38 bits per heavy atom. The van der Waals surface area contributed by atoms with Crippen molar-refractivity contribution in [2.45, 2.75) is 43.4 Å². The maximum Gasteiger partial charge on any atom is 0.410 e. The van der Waals surface area contributed by atoms with Crippen molar-refractivity contribution >= 4 is 22.1 Å². The maximum absolute atomic E-state index is 12.9. The van der Waals surface area contributed by atoms with Gasteiger partial charge in [-0.1, -0.05) is 48.0 Å². The van der Waals surface area contributed by atoms with Crippen LogP contribution in [0.5, 0.6) is 0 Å². The fourth-order valence-electron chi connectivity index (χ4n) is 4.06. The summed E-state index contributed by atoms with van der Waals surface area (Å²) < 4.78 is 37.8. The summed E-state index contributed by atoms with van der Waals surface area (Å²) in [5, 5.41) is 0. The molecule has 0 spiro atoms. The van der Waals surface area contributed by atoms with Crippen LogP contribution in [0.3, 0.4) is 0 Å². The summed E-state index contributed by atoms with van der Waals surface area (Å²) in [6.07, 6.45) is 0.275. The van der Waals surface area contributed by atoms with Gasteiger partial charge in [-0.2, -0.15) is 4.31 Å². The molecule has 2 fully saturated rings. The average molecular weight is 459 g/mol. The van der Waals surface area contributed by atoms with Crippen LogP contribution in [0.25, 0.3) is 0 Å². The number of ether oxygens (including phenoxy) is 2. The molecule has 2 aromatic carbocycles. The molecule has 0 aromatic heterocycles. The van der Waals surface area contributed by atoms with Crippen molar-refractivity contribution in [3.05, 3.63) is 65.7 Å². The first-order valence-electron chi connectivity index (χ1n) is 10.6. The number of amides is 1. The van der Waals surface area contributed by atoms with Crippen molar-refractivity contribution in [1.29, 1.82) is 0 Å². The molecule has 170 valence electrons. The molecular formula is C23H26N2O6S. The van der Waals surface area contributed by atoms with Gasteiger partial charge in [0.15, 0.2) is 6.04 Å². The highest BCUT2D eigenvalue weighted by Gasteiger charge is 2.45. The summed E-state index contributed by atoms with van der Waals surface area (Å²) in [7, 11) is -3.60. The van der Waals surface area contributed by atoms with Crippen molar-refractivity contribution < 1.29 is 27.5 Å². The molecule has 2 saturated heterocycles. The summed E-state index contributed by atoms with van der Waals surface area (Å²) in [4.78, 5) is 26.7. The third-order valence-corrected chi connectivity index (χ3v) is 7.80. The van der Waals surface area contributed by atoms with E-state index in [0.717, 1.165) is 11.1 Å². The number of benzene rings is 2. The molecular weight excluding hydrogens is 432 g/mol. The minimum absolute atomic E-state index is 0.0612. The third kappa shape index (κ3) is 4.63. The highest BCUT2D eigenvalue weighted by Crippen LogP contribution is 2.28. The molecule has 32 heavy (non-hydrogen) atoms. The monoisotopic (exact) mass is 458 g/mol. The van der Waals surface area contributed by atoms with E-state index in [1.54, 1.807) is 24.3 Å². The number of sulfonamides is 1. The van der Waals surface area contributed by atoms with E-state index in [1.807, 2.05) is 37.3 Å². The van der Waals surface area contributed by atoms with Gasteiger partial charge in [-0.15, -0.1) is 0 Å². The minimum Gasteiger partial charge on any atom is -0.459 e. The Balaban J connectivity index is 1.38. The molecule has 2 heterocycles. The number of aryl methyl sites for hydroxylation is 1. The van der Waals surface area contributed by atoms with E-state index >= 15 is 0 Å². The van der Waals surface area contributed by atoms with Crippen LogP contribution < -0.4 is 0 Å². The largest absolute Gasteiger partial charge is 0.459 e. The molecule has 4 rings (SSSR count). The van der Waals surface area contributed by atoms with E-state index in [1.165, 1.54) is 9.21 Å². The third-order valence-electron chi connectivity index (χ3n) is 5.88. The number of carbonyl (C=O) groups is 2. The van der Waals surface area contributed by atoms with Crippen LogP contribution >= 0.6 is 0 Å². The molecule has 1 unspecified atom stereocenters. The molecule has 2 aliphatic heterocycles. The summed E-state index contributed by atoms with van der Waals surface area (Å²) in [5.41, 5.74) is 1.84. The van der Waals surface area contributed by atoms with E-state index in [9.17, 15) is 18.0 Å². The molecule has 0 saturated carbocycles. The number of nitrogens with zero attached hydrogens (tertiary/aromatic N) is 2. The molecule has 1 amide bonds. The van der Waals surface area contributed by atoms with E-state index < -0.39 is 28.1 Å². The Labute approximate surface area is 187 Å². The second-order valence-electron chi connectivity index (χ2n) is 8.04. The van der Waals surface area contributed by atoms with Crippen LogP contribution in [-0.2, 0) is 30.9 Å². The number of cyclic esters (lactones) is 1. The van der Waals surface area contributed by atoms with Gasteiger partial charge in [0.2, 0.25) is 10.0 Å². The quantitative estimate of drug-likeness (QED) is 0.618. The predicted molar refractivity (Wildman–Crippen MR) is 116 cm³/mol. The van der Waals surface area contributed by atoms with Gasteiger partial charge in [0.05, 0.1) is 4.90 Å². The minimum atomic E-state index is -3.60. The molecule has 2 aliphatic rings. The van der Waals surface area contributed by atoms with Crippen LogP contribution in [0.15, 0.2) is 59.5 Å². The van der Waals surface area contributed by atoms with E-state index in [-0.39, 0.29) is 37.2 Å². The molecule has 2 aromatic rings. The Kier molecular flexibility index (Phi) is 6.48. The molecule has 9 heteroatoms. The second-order valence-corrected chi connectivity index (χ2v) is 9.98. The van der Waals surface area contributed by atoms with Gasteiger partial charge in [0.25, 0.3) is 0 Å². The van der Waals surface area contributed by atoms with E-state index in [2.05, 4.69) is 0 Å². The van der Waals surface area contributed by atoms with Crippen molar-refractivity contribution in [3.63, 3.8) is 0 Å². The first kappa shape index (κ1) is 22.3. The number of piperidine rings is 1. The number of esters is 1. The van der Waals surface area contributed by atoms with Gasteiger partial charge < -0.3 is 9.47 Å². The van der Waals surface area contributed by atoms with Crippen molar-refractivity contribution in [3.8, 4) is 0 Å².